The summed E-state index contributed by atoms with van der Waals surface area (Å²) < 4.78 is 2.09. The molecule has 96 valence electrons. The standard InChI is InChI=1S/C17H13N3/c1-12-7-9-20-15(11-19-16(20)10-12)17-14-5-3-2-4-13(14)6-8-18-17/h2-11H,1H3. The number of aromatic nitrogens is 3. The predicted octanol–water partition coefficient (Wildman–Crippen LogP) is 3.86. The molecule has 1 aromatic carbocycles. The van der Waals surface area contributed by atoms with E-state index in [0.29, 0.717) is 0 Å². The monoisotopic (exact) mass is 259 g/mol. The molecule has 3 nitrogen and oxygen atoms in total. The van der Waals surface area contributed by atoms with E-state index in [1.807, 2.05) is 30.6 Å². The van der Waals surface area contributed by atoms with E-state index in [1.165, 1.54) is 10.9 Å². The van der Waals surface area contributed by atoms with Crippen molar-refractivity contribution in [2.75, 3.05) is 0 Å². The van der Waals surface area contributed by atoms with Crippen molar-refractivity contribution in [3.63, 3.8) is 0 Å². The van der Waals surface area contributed by atoms with Gasteiger partial charge in [0.2, 0.25) is 0 Å². The van der Waals surface area contributed by atoms with Gasteiger partial charge >= 0.3 is 0 Å². The minimum atomic E-state index is 0.953. The third kappa shape index (κ3) is 1.60. The van der Waals surface area contributed by atoms with Crippen LogP contribution in [-0.2, 0) is 0 Å². The van der Waals surface area contributed by atoms with Crippen LogP contribution in [0.25, 0.3) is 27.8 Å². The van der Waals surface area contributed by atoms with Crippen molar-refractivity contribution in [3.05, 3.63) is 66.6 Å². The number of aryl methyl sites for hydroxylation is 1. The molecule has 3 heterocycles. The smallest absolute Gasteiger partial charge is 0.137 e. The van der Waals surface area contributed by atoms with E-state index in [1.54, 1.807) is 0 Å². The molecule has 3 heteroatoms. The van der Waals surface area contributed by atoms with Gasteiger partial charge < -0.3 is 0 Å². The van der Waals surface area contributed by atoms with Crippen molar-refractivity contribution in [2.24, 2.45) is 0 Å². The first-order chi connectivity index (χ1) is 9.83. The molecule has 0 unspecified atom stereocenters. The number of fused-ring (bicyclic) bond motifs is 2. The molecule has 4 rings (SSSR count). The molecule has 0 fully saturated rings. The fraction of sp³-hybridized carbons (Fsp3) is 0.0588. The van der Waals surface area contributed by atoms with Gasteiger partial charge in [-0.3, -0.25) is 9.38 Å². The van der Waals surface area contributed by atoms with Gasteiger partial charge in [-0.2, -0.15) is 0 Å². The molecule has 0 spiro atoms. The molecule has 0 saturated carbocycles. The Morgan fingerprint density at radius 2 is 1.90 bits per heavy atom. The summed E-state index contributed by atoms with van der Waals surface area (Å²) in [4.78, 5) is 9.05. The van der Waals surface area contributed by atoms with Crippen molar-refractivity contribution in [1.82, 2.24) is 14.4 Å². The third-order valence-electron chi connectivity index (χ3n) is 3.58. The SMILES string of the molecule is Cc1ccn2c(-c3nccc4ccccc34)cnc2c1. The summed E-state index contributed by atoms with van der Waals surface area (Å²) in [7, 11) is 0. The van der Waals surface area contributed by atoms with E-state index >= 15 is 0 Å². The number of benzene rings is 1. The Kier molecular flexibility index (Phi) is 2.33. The lowest BCUT2D eigenvalue weighted by molar-refractivity contribution is 1.16. The van der Waals surface area contributed by atoms with Crippen LogP contribution in [0.3, 0.4) is 0 Å². The van der Waals surface area contributed by atoms with Crippen molar-refractivity contribution in [2.45, 2.75) is 6.92 Å². The second kappa shape index (κ2) is 4.17. The Labute approximate surface area is 116 Å². The fourth-order valence-corrected chi connectivity index (χ4v) is 2.58. The minimum absolute atomic E-state index is 0.953. The zero-order valence-corrected chi connectivity index (χ0v) is 11.1. The fourth-order valence-electron chi connectivity index (χ4n) is 2.58. The Morgan fingerprint density at radius 3 is 2.85 bits per heavy atom. The first-order valence-corrected chi connectivity index (χ1v) is 6.61. The second-order valence-corrected chi connectivity index (χ2v) is 4.96. The number of nitrogens with zero attached hydrogens (tertiary/aromatic N) is 3. The molecule has 0 saturated heterocycles. The quantitative estimate of drug-likeness (QED) is 0.519. The van der Waals surface area contributed by atoms with Crippen molar-refractivity contribution >= 4 is 16.4 Å². The molecule has 4 aromatic rings. The molecule has 0 aliphatic heterocycles. The Hall–Kier alpha value is -2.68. The van der Waals surface area contributed by atoms with Gasteiger partial charge in [-0.05, 0) is 36.1 Å². The summed E-state index contributed by atoms with van der Waals surface area (Å²) in [6.07, 6.45) is 5.80. The van der Waals surface area contributed by atoms with E-state index in [9.17, 15) is 0 Å². The summed E-state index contributed by atoms with van der Waals surface area (Å²) in [6.45, 7) is 2.07. The highest BCUT2D eigenvalue weighted by Gasteiger charge is 2.10. The Balaban J connectivity index is 2.06. The van der Waals surface area contributed by atoms with Gasteiger partial charge in [-0.1, -0.05) is 24.3 Å². The van der Waals surface area contributed by atoms with Crippen LogP contribution in [0.5, 0.6) is 0 Å². The zero-order chi connectivity index (χ0) is 13.5. The molecule has 0 radical (unpaired) electrons. The highest BCUT2D eigenvalue weighted by molar-refractivity contribution is 5.93. The number of rotatable bonds is 1. The van der Waals surface area contributed by atoms with Crippen molar-refractivity contribution < 1.29 is 0 Å². The third-order valence-corrected chi connectivity index (χ3v) is 3.58. The molecule has 0 bridgehead atoms. The summed E-state index contributed by atoms with van der Waals surface area (Å²) in [5.74, 6) is 0. The lowest BCUT2D eigenvalue weighted by Gasteiger charge is -2.05. The Morgan fingerprint density at radius 1 is 1.00 bits per heavy atom. The first-order valence-electron chi connectivity index (χ1n) is 6.61. The molecule has 0 N–H and O–H groups in total. The second-order valence-electron chi connectivity index (χ2n) is 4.96. The van der Waals surface area contributed by atoms with Gasteiger partial charge in [0.1, 0.15) is 5.65 Å². The molecule has 0 amide bonds. The maximum atomic E-state index is 4.56. The lowest BCUT2D eigenvalue weighted by atomic mass is 10.1. The minimum Gasteiger partial charge on any atom is -0.298 e. The number of imidazole rings is 1. The number of pyridine rings is 2. The van der Waals surface area contributed by atoms with Crippen molar-refractivity contribution in [1.29, 1.82) is 0 Å². The van der Waals surface area contributed by atoms with E-state index in [4.69, 9.17) is 0 Å². The van der Waals surface area contributed by atoms with Crippen LogP contribution >= 0.6 is 0 Å². The van der Waals surface area contributed by atoms with E-state index < -0.39 is 0 Å². The van der Waals surface area contributed by atoms with Crippen LogP contribution in [0, 0.1) is 6.92 Å². The van der Waals surface area contributed by atoms with Gasteiger partial charge in [-0.25, -0.2) is 4.98 Å². The molecular weight excluding hydrogens is 246 g/mol. The van der Waals surface area contributed by atoms with Gasteiger partial charge in [0.15, 0.2) is 0 Å². The maximum Gasteiger partial charge on any atom is 0.137 e. The number of hydrogen-bond acceptors (Lipinski definition) is 2. The highest BCUT2D eigenvalue weighted by Crippen LogP contribution is 2.26. The summed E-state index contributed by atoms with van der Waals surface area (Å²) >= 11 is 0. The average Bonchev–Trinajstić information content (AvgIpc) is 2.89. The molecule has 0 aliphatic rings. The largest absolute Gasteiger partial charge is 0.298 e. The van der Waals surface area contributed by atoms with E-state index in [2.05, 4.69) is 51.8 Å². The maximum absolute atomic E-state index is 4.56. The molecule has 0 atom stereocenters. The van der Waals surface area contributed by atoms with E-state index in [0.717, 1.165) is 22.4 Å². The first kappa shape index (κ1) is 11.2. The predicted molar refractivity (Wildman–Crippen MR) is 80.7 cm³/mol. The molecule has 20 heavy (non-hydrogen) atoms. The molecular formula is C17H13N3. The van der Waals surface area contributed by atoms with Crippen LogP contribution in [0.1, 0.15) is 5.56 Å². The summed E-state index contributed by atoms with van der Waals surface area (Å²) in [5.41, 5.74) is 4.16. The van der Waals surface area contributed by atoms with Crippen LogP contribution in [0.15, 0.2) is 61.1 Å². The lowest BCUT2D eigenvalue weighted by Crippen LogP contribution is -1.91. The van der Waals surface area contributed by atoms with Crippen LogP contribution in [0.2, 0.25) is 0 Å². The highest BCUT2D eigenvalue weighted by atomic mass is 15.0. The van der Waals surface area contributed by atoms with Gasteiger partial charge in [0.05, 0.1) is 17.6 Å². The Bertz CT molecular complexity index is 916. The summed E-state index contributed by atoms with van der Waals surface area (Å²) in [6, 6.07) is 14.5. The summed E-state index contributed by atoms with van der Waals surface area (Å²) in [5, 5.41) is 2.34. The average molecular weight is 259 g/mol. The van der Waals surface area contributed by atoms with Gasteiger partial charge in [0, 0.05) is 17.8 Å². The molecule has 3 aromatic heterocycles. The van der Waals surface area contributed by atoms with Gasteiger partial charge in [-0.15, -0.1) is 0 Å². The zero-order valence-electron chi connectivity index (χ0n) is 11.1. The number of hydrogen-bond donors (Lipinski definition) is 0. The van der Waals surface area contributed by atoms with Gasteiger partial charge in [0.25, 0.3) is 0 Å². The van der Waals surface area contributed by atoms with Crippen molar-refractivity contribution in [3.8, 4) is 11.4 Å². The topological polar surface area (TPSA) is 30.2 Å². The molecule has 0 aliphatic carbocycles. The van der Waals surface area contributed by atoms with E-state index in [-0.39, 0.29) is 0 Å². The van der Waals surface area contributed by atoms with Crippen LogP contribution < -0.4 is 0 Å². The van der Waals surface area contributed by atoms with Crippen LogP contribution in [-0.4, -0.2) is 14.4 Å². The normalized spacial score (nSPS) is 11.2. The van der Waals surface area contributed by atoms with Crippen LogP contribution in [0.4, 0.5) is 0 Å².